The highest BCUT2D eigenvalue weighted by Crippen LogP contribution is 2.48. The Hall–Kier alpha value is -1.74. The second kappa shape index (κ2) is 5.33. The summed E-state index contributed by atoms with van der Waals surface area (Å²) in [6.45, 7) is 4.49. The van der Waals surface area contributed by atoms with Crippen molar-refractivity contribution in [3.8, 4) is 0 Å². The summed E-state index contributed by atoms with van der Waals surface area (Å²) < 4.78 is 54.2. The predicted molar refractivity (Wildman–Crippen MR) is 85.9 cm³/mol. The number of thioether (sulfide) groups is 1. The summed E-state index contributed by atoms with van der Waals surface area (Å²) in [5.41, 5.74) is 1.60. The number of nitrogens with zero attached hydrogens (tertiary/aromatic N) is 1. The van der Waals surface area contributed by atoms with Crippen LogP contribution in [0.25, 0.3) is 0 Å². The van der Waals surface area contributed by atoms with Crippen LogP contribution in [0.3, 0.4) is 0 Å². The van der Waals surface area contributed by atoms with Gasteiger partial charge in [-0.2, -0.15) is 0 Å². The van der Waals surface area contributed by atoms with Crippen LogP contribution in [0.2, 0.25) is 0 Å². The van der Waals surface area contributed by atoms with Crippen LogP contribution in [0, 0.1) is 6.85 Å². The number of nitrogens with one attached hydrogen (secondary N) is 1. The van der Waals surface area contributed by atoms with Gasteiger partial charge in [-0.1, -0.05) is 42.6 Å². The Morgan fingerprint density at radius 1 is 1.70 bits per heavy atom. The quantitative estimate of drug-likeness (QED) is 0.858. The van der Waals surface area contributed by atoms with Crippen molar-refractivity contribution in [2.24, 2.45) is 0 Å². The van der Waals surface area contributed by atoms with Gasteiger partial charge in [-0.15, -0.1) is 6.58 Å². The predicted octanol–water partition coefficient (Wildman–Crippen LogP) is 3.73. The highest BCUT2D eigenvalue weighted by atomic mass is 32.2. The Morgan fingerprint density at radius 3 is 3.40 bits per heavy atom. The van der Waals surface area contributed by atoms with Crippen molar-refractivity contribution < 1.29 is 9.60 Å². The van der Waals surface area contributed by atoms with Crippen LogP contribution in [-0.2, 0) is 0 Å². The number of dihydropyridines is 1. The number of pyridine rings is 1. The molecule has 0 amide bonds. The van der Waals surface area contributed by atoms with Crippen molar-refractivity contribution in [2.45, 2.75) is 23.0 Å². The van der Waals surface area contributed by atoms with E-state index < -0.39 is 13.4 Å². The van der Waals surface area contributed by atoms with Crippen LogP contribution in [0.1, 0.15) is 26.8 Å². The minimum Gasteiger partial charge on any atom is -0.381 e. The normalized spacial score (nSPS) is 34.6. The summed E-state index contributed by atoms with van der Waals surface area (Å²) in [6, 6.07) is 2.47. The van der Waals surface area contributed by atoms with Gasteiger partial charge in [-0.25, -0.2) is 4.98 Å². The summed E-state index contributed by atoms with van der Waals surface area (Å²) in [4.78, 5) is 4.28. The fourth-order valence-electron chi connectivity index (χ4n) is 2.29. The fraction of sp³-hybridized carbons (Fsp3) is 0.235. The summed E-state index contributed by atoms with van der Waals surface area (Å²) >= 11 is 1.33. The molecule has 0 saturated heterocycles. The van der Waals surface area contributed by atoms with Crippen LogP contribution in [0.5, 0.6) is 0 Å². The van der Waals surface area contributed by atoms with Crippen LogP contribution < -0.4 is 5.32 Å². The molecule has 0 aliphatic carbocycles. The maximum Gasteiger partial charge on any atom is 0.101 e. The standard InChI is InChI=1S/C17H18N2S/c1-4-13-14-9-8-11(2)19-17(14)20-16(13)12(3)15-7-5-6-10-18-15/h4-9,13,16,18H,1,3,10H2,2H3/i2D3,5D,6D,7D,10D. The molecule has 2 nitrogen and oxygen atoms in total. The van der Waals surface area contributed by atoms with E-state index in [0.717, 1.165) is 5.56 Å². The lowest BCUT2D eigenvalue weighted by Crippen LogP contribution is -2.22. The molecular formula is C17H18N2S. The van der Waals surface area contributed by atoms with E-state index in [0.29, 0.717) is 10.6 Å². The first kappa shape index (κ1) is 7.32. The van der Waals surface area contributed by atoms with Crippen molar-refractivity contribution in [3.63, 3.8) is 0 Å². The molecule has 0 saturated carbocycles. The third-order valence-corrected chi connectivity index (χ3v) is 4.66. The second-order valence-corrected chi connectivity index (χ2v) is 5.60. The number of aryl methyl sites for hydroxylation is 1. The number of rotatable bonds is 3. The van der Waals surface area contributed by atoms with E-state index in [1.807, 2.05) is 0 Å². The average Bonchev–Trinajstić information content (AvgIpc) is 2.99. The largest absolute Gasteiger partial charge is 0.381 e. The Kier molecular flexibility index (Phi) is 1.95. The Labute approximate surface area is 134 Å². The van der Waals surface area contributed by atoms with Crippen LogP contribution >= 0.6 is 11.8 Å². The zero-order valence-corrected chi connectivity index (χ0v) is 11.6. The van der Waals surface area contributed by atoms with Gasteiger partial charge in [0.2, 0.25) is 0 Å². The van der Waals surface area contributed by atoms with Gasteiger partial charge in [0, 0.05) is 33.2 Å². The third kappa shape index (κ3) is 2.22. The zero-order valence-electron chi connectivity index (χ0n) is 17.7. The Bertz CT molecular complexity index is 888. The van der Waals surface area contributed by atoms with Crippen molar-refractivity contribution in [2.75, 3.05) is 6.52 Å². The van der Waals surface area contributed by atoms with E-state index in [4.69, 9.17) is 9.60 Å². The molecule has 20 heavy (non-hydrogen) atoms. The number of hydrogen-bond donors (Lipinski definition) is 1. The molecule has 102 valence electrons. The molecule has 0 aromatic carbocycles. The number of fused-ring (bicyclic) bond motifs is 1. The lowest BCUT2D eigenvalue weighted by molar-refractivity contribution is 0.812. The van der Waals surface area contributed by atoms with Gasteiger partial charge in [0.25, 0.3) is 0 Å². The average molecular weight is 289 g/mol. The monoisotopic (exact) mass is 289 g/mol. The minimum atomic E-state index is -2.30. The Balaban J connectivity index is 1.98. The van der Waals surface area contributed by atoms with E-state index in [-0.39, 0.29) is 40.7 Å². The molecule has 2 aliphatic rings. The van der Waals surface area contributed by atoms with Crippen molar-refractivity contribution in [3.05, 3.63) is 72.1 Å². The van der Waals surface area contributed by atoms with Gasteiger partial charge >= 0.3 is 0 Å². The van der Waals surface area contributed by atoms with Gasteiger partial charge in [0.05, 0.1) is 5.48 Å². The molecule has 1 aromatic heterocycles. The summed E-state index contributed by atoms with van der Waals surface area (Å²) in [6.07, 6.45) is 1.73. The molecule has 3 unspecified atom stereocenters. The van der Waals surface area contributed by atoms with E-state index in [9.17, 15) is 0 Å². The smallest absolute Gasteiger partial charge is 0.101 e. The van der Waals surface area contributed by atoms with E-state index >= 15 is 0 Å². The first-order chi connectivity index (χ1) is 12.6. The molecule has 3 rings (SSSR count). The van der Waals surface area contributed by atoms with E-state index in [1.165, 1.54) is 17.8 Å². The SMILES string of the molecule is [2H]C1=C(C(=C)C2Sc3nc(C([2H])([2H])[2H])ccc3C2C=C)NC([2H])C([2H])=C1[2H]. The van der Waals surface area contributed by atoms with Crippen molar-refractivity contribution >= 4 is 11.8 Å². The number of hydrogen-bond acceptors (Lipinski definition) is 3. The molecule has 0 fully saturated rings. The molecular weight excluding hydrogens is 264 g/mol. The van der Waals surface area contributed by atoms with Gasteiger partial charge in [0.15, 0.2) is 0 Å². The number of aromatic nitrogens is 1. The lowest BCUT2D eigenvalue weighted by atomic mass is 9.91. The van der Waals surface area contributed by atoms with Gasteiger partial charge in [-0.05, 0) is 30.1 Å². The fourth-order valence-corrected chi connectivity index (χ4v) is 3.68. The number of allylic oxidation sites excluding steroid dienone is 4. The van der Waals surface area contributed by atoms with E-state index in [1.54, 1.807) is 12.1 Å². The molecule has 3 atom stereocenters. The molecule has 1 N–H and O–H groups in total. The third-order valence-electron chi connectivity index (χ3n) is 3.28. The van der Waals surface area contributed by atoms with Crippen molar-refractivity contribution in [1.82, 2.24) is 10.3 Å². The molecule has 0 spiro atoms. The summed E-state index contributed by atoms with van der Waals surface area (Å²) in [5.74, 6) is -0.197. The van der Waals surface area contributed by atoms with E-state index in [2.05, 4.69) is 23.5 Å². The first-order valence-corrected chi connectivity index (χ1v) is 7.01. The van der Waals surface area contributed by atoms with Gasteiger partial charge in [0.1, 0.15) is 5.03 Å². The maximum atomic E-state index is 8.13. The molecule has 0 bridgehead atoms. The highest BCUT2D eigenvalue weighted by molar-refractivity contribution is 8.00. The highest BCUT2D eigenvalue weighted by Gasteiger charge is 2.35. The summed E-state index contributed by atoms with van der Waals surface area (Å²) in [7, 11) is 0. The second-order valence-electron chi connectivity index (χ2n) is 4.47. The minimum absolute atomic E-state index is 0.0143. The van der Waals surface area contributed by atoms with Crippen LogP contribution in [0.15, 0.2) is 65.8 Å². The molecule has 3 heterocycles. The van der Waals surface area contributed by atoms with Gasteiger partial charge in [-0.3, -0.25) is 0 Å². The van der Waals surface area contributed by atoms with Crippen LogP contribution in [0.4, 0.5) is 0 Å². The summed E-state index contributed by atoms with van der Waals surface area (Å²) in [5, 5.41) is 3.04. The Morgan fingerprint density at radius 2 is 2.60 bits per heavy atom. The maximum absolute atomic E-state index is 8.13. The van der Waals surface area contributed by atoms with Crippen molar-refractivity contribution in [1.29, 1.82) is 0 Å². The molecule has 1 aromatic rings. The molecule has 3 heteroatoms. The molecule has 0 radical (unpaired) electrons. The van der Waals surface area contributed by atoms with Gasteiger partial charge < -0.3 is 5.32 Å². The van der Waals surface area contributed by atoms with Crippen LogP contribution in [-0.4, -0.2) is 16.8 Å². The lowest BCUT2D eigenvalue weighted by Gasteiger charge is -2.22. The first-order valence-electron chi connectivity index (χ1n) is 9.71. The topological polar surface area (TPSA) is 24.9 Å². The zero-order chi connectivity index (χ0) is 20.1. The molecule has 2 aliphatic heterocycles.